The molecule has 0 unspecified atom stereocenters. The smallest absolute Gasteiger partial charge is 0.339 e. The first-order valence-corrected chi connectivity index (χ1v) is 8.74. The minimum Gasteiger partial charge on any atom is -0.465 e. The predicted molar refractivity (Wildman–Crippen MR) is 96.7 cm³/mol. The highest BCUT2D eigenvalue weighted by Gasteiger charge is 2.18. The van der Waals surface area contributed by atoms with Crippen molar-refractivity contribution in [2.45, 2.75) is 13.5 Å². The molecule has 2 heterocycles. The van der Waals surface area contributed by atoms with Crippen molar-refractivity contribution >= 4 is 33.5 Å². The summed E-state index contributed by atoms with van der Waals surface area (Å²) in [6, 6.07) is 6.74. The summed E-state index contributed by atoms with van der Waals surface area (Å²) in [5.41, 5.74) is 1.17. The maximum absolute atomic E-state index is 12.8. The molecule has 8 heteroatoms. The molecule has 3 rings (SSSR count). The molecule has 0 aliphatic heterocycles. The van der Waals surface area contributed by atoms with Gasteiger partial charge in [0.25, 0.3) is 5.56 Å². The molecule has 0 saturated heterocycles. The Morgan fingerprint density at radius 2 is 1.92 bits per heavy atom. The monoisotopic (exact) mass is 372 g/mol. The lowest BCUT2D eigenvalue weighted by atomic mass is 10.1. The fraction of sp³-hybridized carbons (Fsp3) is 0.222. The second-order valence-electron chi connectivity index (χ2n) is 5.42. The van der Waals surface area contributed by atoms with Gasteiger partial charge in [-0.1, -0.05) is 12.1 Å². The summed E-state index contributed by atoms with van der Waals surface area (Å²) in [7, 11) is 1.32. The van der Waals surface area contributed by atoms with Crippen LogP contribution in [0.1, 0.15) is 33.2 Å². The van der Waals surface area contributed by atoms with Crippen LogP contribution in [0.3, 0.4) is 0 Å². The molecule has 7 nitrogen and oxygen atoms in total. The molecule has 0 radical (unpaired) electrons. The second-order valence-corrected chi connectivity index (χ2v) is 6.27. The summed E-state index contributed by atoms with van der Waals surface area (Å²) in [4.78, 5) is 41.1. The molecule has 0 amide bonds. The predicted octanol–water partition coefficient (Wildman–Crippen LogP) is 2.47. The van der Waals surface area contributed by atoms with Crippen LogP contribution in [0.5, 0.6) is 0 Å². The third-order valence-electron chi connectivity index (χ3n) is 3.78. The van der Waals surface area contributed by atoms with E-state index >= 15 is 0 Å². The van der Waals surface area contributed by atoms with E-state index in [1.54, 1.807) is 36.6 Å². The topological polar surface area (TPSA) is 87.5 Å². The molecule has 0 aliphatic carbocycles. The number of benzene rings is 1. The van der Waals surface area contributed by atoms with Crippen LogP contribution < -0.4 is 5.56 Å². The summed E-state index contributed by atoms with van der Waals surface area (Å²) in [6.07, 6.45) is 1.45. The number of aromatic nitrogens is 2. The fourth-order valence-corrected chi connectivity index (χ4v) is 3.37. The largest absolute Gasteiger partial charge is 0.465 e. The lowest BCUT2D eigenvalue weighted by Crippen LogP contribution is -2.22. The minimum atomic E-state index is -0.530. The van der Waals surface area contributed by atoms with Crippen LogP contribution >= 0.6 is 11.3 Å². The number of fused-ring (bicyclic) bond motifs is 1. The molecule has 0 bridgehead atoms. The quantitative estimate of drug-likeness (QED) is 0.640. The molecule has 3 aromatic rings. The summed E-state index contributed by atoms with van der Waals surface area (Å²) in [5.74, 6) is -0.952. The molecular formula is C18H16N2O5S. The van der Waals surface area contributed by atoms with E-state index in [4.69, 9.17) is 4.74 Å². The van der Waals surface area contributed by atoms with Crippen LogP contribution in [0, 0.1) is 0 Å². The van der Waals surface area contributed by atoms with E-state index in [9.17, 15) is 14.4 Å². The second kappa shape index (κ2) is 7.49. The van der Waals surface area contributed by atoms with Gasteiger partial charge >= 0.3 is 11.9 Å². The van der Waals surface area contributed by atoms with E-state index in [1.807, 2.05) is 0 Å². The number of carbonyl (C=O) groups is 2. The first kappa shape index (κ1) is 17.8. The molecule has 0 spiro atoms. The third kappa shape index (κ3) is 3.36. The van der Waals surface area contributed by atoms with Gasteiger partial charge in [0.15, 0.2) is 0 Å². The molecule has 2 aromatic heterocycles. The molecule has 134 valence electrons. The van der Waals surface area contributed by atoms with Gasteiger partial charge in [0.05, 0.1) is 43.1 Å². The number of thiophene rings is 1. The lowest BCUT2D eigenvalue weighted by Gasteiger charge is -2.07. The Hall–Kier alpha value is -3.00. The zero-order chi connectivity index (χ0) is 18.7. The van der Waals surface area contributed by atoms with Crippen LogP contribution in [0.15, 0.2) is 40.8 Å². The number of rotatable bonds is 5. The minimum absolute atomic E-state index is 0.233. The van der Waals surface area contributed by atoms with Crippen molar-refractivity contribution in [2.75, 3.05) is 13.7 Å². The van der Waals surface area contributed by atoms with Crippen molar-refractivity contribution in [3.05, 3.63) is 63.0 Å². The number of hydrogen-bond acceptors (Lipinski definition) is 7. The SMILES string of the molecule is CCOC(=O)c1csc2ncn(Cc3ccc(C(=O)OC)cc3)c(=O)c12. The standard InChI is InChI=1S/C18H16N2O5S/c1-3-25-18(23)13-9-26-15-14(13)16(21)20(10-19-15)8-11-4-6-12(7-5-11)17(22)24-2/h4-7,9-10H,3,8H2,1-2H3. The maximum atomic E-state index is 12.8. The number of carbonyl (C=O) groups excluding carboxylic acids is 2. The Balaban J connectivity index is 1.94. The first-order valence-electron chi connectivity index (χ1n) is 7.86. The summed E-state index contributed by atoms with van der Waals surface area (Å²) in [5, 5.41) is 1.86. The van der Waals surface area contributed by atoms with Crippen molar-refractivity contribution in [3.63, 3.8) is 0 Å². The average molecular weight is 372 g/mol. The first-order chi connectivity index (χ1) is 12.5. The highest BCUT2D eigenvalue weighted by atomic mass is 32.1. The van der Waals surface area contributed by atoms with Gasteiger partial charge in [-0.05, 0) is 24.6 Å². The van der Waals surface area contributed by atoms with Crippen molar-refractivity contribution in [1.82, 2.24) is 9.55 Å². The molecule has 0 saturated carbocycles. The van der Waals surface area contributed by atoms with Gasteiger partial charge in [0.1, 0.15) is 4.83 Å². The van der Waals surface area contributed by atoms with Crippen LogP contribution in [0.2, 0.25) is 0 Å². The molecule has 0 atom stereocenters. The Bertz CT molecular complexity index is 1020. The van der Waals surface area contributed by atoms with Crippen molar-refractivity contribution < 1.29 is 19.1 Å². The van der Waals surface area contributed by atoms with Crippen molar-refractivity contribution in [2.24, 2.45) is 0 Å². The Morgan fingerprint density at radius 3 is 2.58 bits per heavy atom. The highest BCUT2D eigenvalue weighted by molar-refractivity contribution is 7.17. The van der Waals surface area contributed by atoms with E-state index in [0.717, 1.165) is 5.56 Å². The zero-order valence-electron chi connectivity index (χ0n) is 14.2. The molecule has 1 aromatic carbocycles. The summed E-state index contributed by atoms with van der Waals surface area (Å²) >= 11 is 1.23. The third-order valence-corrected chi connectivity index (χ3v) is 4.67. The molecule has 0 N–H and O–H groups in total. The normalized spacial score (nSPS) is 10.7. The van der Waals surface area contributed by atoms with Gasteiger partial charge in [0.2, 0.25) is 0 Å². The van der Waals surface area contributed by atoms with Gasteiger partial charge in [-0.25, -0.2) is 14.6 Å². The van der Waals surface area contributed by atoms with Crippen molar-refractivity contribution in [3.8, 4) is 0 Å². The summed E-state index contributed by atoms with van der Waals surface area (Å²) < 4.78 is 11.1. The number of esters is 2. The number of hydrogen-bond donors (Lipinski definition) is 0. The van der Waals surface area contributed by atoms with Crippen LogP contribution in [-0.4, -0.2) is 35.2 Å². The highest BCUT2D eigenvalue weighted by Crippen LogP contribution is 2.21. The maximum Gasteiger partial charge on any atom is 0.339 e. The van der Waals surface area contributed by atoms with E-state index in [0.29, 0.717) is 10.4 Å². The number of methoxy groups -OCH3 is 1. The van der Waals surface area contributed by atoms with E-state index in [2.05, 4.69) is 9.72 Å². The average Bonchev–Trinajstić information content (AvgIpc) is 3.09. The Morgan fingerprint density at radius 1 is 1.19 bits per heavy atom. The van der Waals surface area contributed by atoms with Gasteiger partial charge in [0, 0.05) is 5.38 Å². The van der Waals surface area contributed by atoms with E-state index < -0.39 is 11.9 Å². The van der Waals surface area contributed by atoms with E-state index in [-0.39, 0.29) is 29.7 Å². The Labute approximate surface area is 152 Å². The molecule has 0 fully saturated rings. The van der Waals surface area contributed by atoms with Crippen molar-refractivity contribution in [1.29, 1.82) is 0 Å². The molecule has 26 heavy (non-hydrogen) atoms. The van der Waals surface area contributed by atoms with Crippen LogP contribution in [-0.2, 0) is 16.0 Å². The Kier molecular flexibility index (Phi) is 5.13. The zero-order valence-corrected chi connectivity index (χ0v) is 15.0. The fourth-order valence-electron chi connectivity index (χ4n) is 2.50. The van der Waals surface area contributed by atoms with Gasteiger partial charge < -0.3 is 9.47 Å². The van der Waals surface area contributed by atoms with Gasteiger partial charge in [-0.2, -0.15) is 0 Å². The van der Waals surface area contributed by atoms with Crippen LogP contribution in [0.25, 0.3) is 10.2 Å². The number of ether oxygens (including phenoxy) is 2. The number of nitrogens with zero attached hydrogens (tertiary/aromatic N) is 2. The lowest BCUT2D eigenvalue weighted by molar-refractivity contribution is 0.0528. The molecule has 0 aliphatic rings. The van der Waals surface area contributed by atoms with E-state index in [1.165, 1.54) is 29.3 Å². The van der Waals surface area contributed by atoms with Crippen LogP contribution in [0.4, 0.5) is 0 Å². The van der Waals surface area contributed by atoms with Gasteiger partial charge in [-0.3, -0.25) is 9.36 Å². The van der Waals surface area contributed by atoms with Gasteiger partial charge in [-0.15, -0.1) is 11.3 Å². The molecular weight excluding hydrogens is 356 g/mol. The summed E-state index contributed by atoms with van der Waals surface area (Å²) in [6.45, 7) is 2.21.